The van der Waals surface area contributed by atoms with E-state index in [1.54, 1.807) is 0 Å². The summed E-state index contributed by atoms with van der Waals surface area (Å²) >= 11 is 3.38. The van der Waals surface area contributed by atoms with Gasteiger partial charge in [-0.1, -0.05) is 28.1 Å². The SMILES string of the molecule is Cc1c(Br)cccc1C1(N)CC(F)(F)C1. The fraction of sp³-hybridized carbons (Fsp3) is 0.455. The maximum Gasteiger partial charge on any atom is 0.252 e. The average molecular weight is 276 g/mol. The van der Waals surface area contributed by atoms with Crippen molar-refractivity contribution in [3.8, 4) is 0 Å². The van der Waals surface area contributed by atoms with Crippen LogP contribution in [0, 0.1) is 6.92 Å². The van der Waals surface area contributed by atoms with Crippen molar-refractivity contribution in [2.75, 3.05) is 0 Å². The van der Waals surface area contributed by atoms with E-state index in [0.717, 1.165) is 15.6 Å². The van der Waals surface area contributed by atoms with Crippen LogP contribution in [0.15, 0.2) is 22.7 Å². The van der Waals surface area contributed by atoms with Crippen LogP contribution >= 0.6 is 15.9 Å². The molecule has 1 aromatic rings. The van der Waals surface area contributed by atoms with E-state index in [-0.39, 0.29) is 12.8 Å². The molecule has 0 aromatic heterocycles. The minimum atomic E-state index is -2.59. The lowest BCUT2D eigenvalue weighted by molar-refractivity contribution is -0.125. The van der Waals surface area contributed by atoms with Crippen LogP contribution in [0.25, 0.3) is 0 Å². The predicted molar refractivity (Wildman–Crippen MR) is 58.9 cm³/mol. The average Bonchev–Trinajstić information content (AvgIpc) is 2.05. The van der Waals surface area contributed by atoms with Gasteiger partial charge in [-0.3, -0.25) is 0 Å². The van der Waals surface area contributed by atoms with Gasteiger partial charge in [0.25, 0.3) is 5.92 Å². The molecule has 2 N–H and O–H groups in total. The number of rotatable bonds is 1. The van der Waals surface area contributed by atoms with E-state index < -0.39 is 11.5 Å². The van der Waals surface area contributed by atoms with E-state index in [4.69, 9.17) is 5.73 Å². The molecule has 1 fully saturated rings. The Labute approximate surface area is 95.8 Å². The number of hydrogen-bond acceptors (Lipinski definition) is 1. The summed E-state index contributed by atoms with van der Waals surface area (Å²) in [6, 6.07) is 5.55. The molecule has 1 aliphatic carbocycles. The van der Waals surface area contributed by atoms with E-state index in [9.17, 15) is 8.78 Å². The van der Waals surface area contributed by atoms with Crippen molar-refractivity contribution in [1.29, 1.82) is 0 Å². The zero-order valence-corrected chi connectivity index (χ0v) is 9.94. The third-order valence-corrected chi connectivity index (χ3v) is 3.81. The van der Waals surface area contributed by atoms with Crippen molar-refractivity contribution in [2.45, 2.75) is 31.2 Å². The van der Waals surface area contributed by atoms with Crippen LogP contribution in [0.4, 0.5) is 8.78 Å². The van der Waals surface area contributed by atoms with Gasteiger partial charge in [0, 0.05) is 17.3 Å². The molecule has 0 bridgehead atoms. The first-order valence-electron chi connectivity index (χ1n) is 4.76. The Balaban J connectivity index is 2.36. The zero-order chi connectivity index (χ0) is 11.3. The highest BCUT2D eigenvalue weighted by atomic mass is 79.9. The molecule has 0 heterocycles. The van der Waals surface area contributed by atoms with Crippen molar-refractivity contribution >= 4 is 15.9 Å². The van der Waals surface area contributed by atoms with Crippen LogP contribution in [-0.2, 0) is 5.54 Å². The van der Waals surface area contributed by atoms with E-state index in [1.165, 1.54) is 0 Å². The quantitative estimate of drug-likeness (QED) is 0.836. The highest BCUT2D eigenvalue weighted by molar-refractivity contribution is 9.10. The Bertz CT molecular complexity index is 396. The van der Waals surface area contributed by atoms with Crippen molar-refractivity contribution in [2.24, 2.45) is 5.73 Å². The second-order valence-corrected chi connectivity index (χ2v) is 5.13. The van der Waals surface area contributed by atoms with Gasteiger partial charge in [-0.2, -0.15) is 0 Å². The number of hydrogen-bond donors (Lipinski definition) is 1. The summed E-state index contributed by atoms with van der Waals surface area (Å²) in [7, 11) is 0. The summed E-state index contributed by atoms with van der Waals surface area (Å²) in [6.07, 6.45) is -0.505. The molecule has 2 rings (SSSR count). The third-order valence-electron chi connectivity index (χ3n) is 2.95. The summed E-state index contributed by atoms with van der Waals surface area (Å²) in [6.45, 7) is 1.89. The molecule has 0 radical (unpaired) electrons. The minimum absolute atomic E-state index is 0.253. The fourth-order valence-electron chi connectivity index (χ4n) is 2.21. The Hall–Kier alpha value is -0.480. The molecule has 0 atom stereocenters. The summed E-state index contributed by atoms with van der Waals surface area (Å²) in [5.74, 6) is -2.59. The zero-order valence-electron chi connectivity index (χ0n) is 8.36. The van der Waals surface area contributed by atoms with Gasteiger partial charge in [0.2, 0.25) is 0 Å². The van der Waals surface area contributed by atoms with Crippen molar-refractivity contribution in [1.82, 2.24) is 0 Å². The van der Waals surface area contributed by atoms with Gasteiger partial charge in [-0.05, 0) is 24.1 Å². The predicted octanol–water partition coefficient (Wildman–Crippen LogP) is 3.34. The number of nitrogens with two attached hydrogens (primary N) is 1. The van der Waals surface area contributed by atoms with Crippen molar-refractivity contribution in [3.63, 3.8) is 0 Å². The van der Waals surface area contributed by atoms with E-state index in [1.807, 2.05) is 25.1 Å². The highest BCUT2D eigenvalue weighted by Gasteiger charge is 2.55. The van der Waals surface area contributed by atoms with Gasteiger partial charge in [0.15, 0.2) is 0 Å². The second kappa shape index (κ2) is 3.25. The molecule has 82 valence electrons. The van der Waals surface area contributed by atoms with Crippen LogP contribution < -0.4 is 5.73 Å². The number of alkyl halides is 2. The largest absolute Gasteiger partial charge is 0.321 e. The minimum Gasteiger partial charge on any atom is -0.321 e. The van der Waals surface area contributed by atoms with Gasteiger partial charge < -0.3 is 5.73 Å². The van der Waals surface area contributed by atoms with Gasteiger partial charge in [0.05, 0.1) is 5.54 Å². The first kappa shape index (κ1) is 11.0. The molecule has 1 aromatic carbocycles. The van der Waals surface area contributed by atoms with Gasteiger partial charge in [-0.15, -0.1) is 0 Å². The maximum atomic E-state index is 12.9. The standard InChI is InChI=1S/C11H12BrF2N/c1-7-8(3-2-4-9(7)12)10(15)5-11(13,14)6-10/h2-4H,5-6,15H2,1H3. The van der Waals surface area contributed by atoms with Crippen LogP contribution in [-0.4, -0.2) is 5.92 Å². The summed E-state index contributed by atoms with van der Waals surface area (Å²) in [5, 5.41) is 0. The molecule has 0 aliphatic heterocycles. The van der Waals surface area contributed by atoms with E-state index >= 15 is 0 Å². The topological polar surface area (TPSA) is 26.0 Å². The van der Waals surface area contributed by atoms with Crippen LogP contribution in [0.3, 0.4) is 0 Å². The van der Waals surface area contributed by atoms with Gasteiger partial charge in [0.1, 0.15) is 0 Å². The first-order valence-corrected chi connectivity index (χ1v) is 5.56. The van der Waals surface area contributed by atoms with E-state index in [2.05, 4.69) is 15.9 Å². The molecule has 0 amide bonds. The molecule has 1 nitrogen and oxygen atoms in total. The number of benzene rings is 1. The lowest BCUT2D eigenvalue weighted by Gasteiger charge is -2.45. The second-order valence-electron chi connectivity index (χ2n) is 4.28. The summed E-state index contributed by atoms with van der Waals surface area (Å²) in [4.78, 5) is 0. The Morgan fingerprint density at radius 3 is 2.47 bits per heavy atom. The van der Waals surface area contributed by atoms with Crippen LogP contribution in [0.2, 0.25) is 0 Å². The normalized spacial score (nSPS) is 22.2. The van der Waals surface area contributed by atoms with Crippen LogP contribution in [0.5, 0.6) is 0 Å². The number of halogens is 3. The van der Waals surface area contributed by atoms with Gasteiger partial charge in [-0.25, -0.2) is 8.78 Å². The first-order chi connectivity index (χ1) is 6.84. The molecule has 0 spiro atoms. The van der Waals surface area contributed by atoms with Crippen molar-refractivity contribution < 1.29 is 8.78 Å². The Kier molecular flexibility index (Phi) is 2.39. The van der Waals surface area contributed by atoms with E-state index in [0.29, 0.717) is 0 Å². The molecular weight excluding hydrogens is 264 g/mol. The summed E-state index contributed by atoms with van der Waals surface area (Å²) in [5.41, 5.74) is 6.90. The maximum absolute atomic E-state index is 12.9. The highest BCUT2D eigenvalue weighted by Crippen LogP contribution is 2.50. The summed E-state index contributed by atoms with van der Waals surface area (Å²) < 4.78 is 26.6. The smallest absolute Gasteiger partial charge is 0.252 e. The Morgan fingerprint density at radius 1 is 1.33 bits per heavy atom. The van der Waals surface area contributed by atoms with Crippen molar-refractivity contribution in [3.05, 3.63) is 33.8 Å². The molecule has 15 heavy (non-hydrogen) atoms. The third kappa shape index (κ3) is 1.81. The van der Waals surface area contributed by atoms with Crippen LogP contribution in [0.1, 0.15) is 24.0 Å². The monoisotopic (exact) mass is 275 g/mol. The molecule has 4 heteroatoms. The molecule has 0 unspecified atom stereocenters. The fourth-order valence-corrected chi connectivity index (χ4v) is 2.57. The Morgan fingerprint density at radius 2 is 1.93 bits per heavy atom. The molecular formula is C11H12BrF2N. The lowest BCUT2D eigenvalue weighted by atomic mass is 9.69. The molecule has 0 saturated heterocycles. The molecule has 1 saturated carbocycles. The van der Waals surface area contributed by atoms with Gasteiger partial charge >= 0.3 is 0 Å². The molecule has 1 aliphatic rings. The lowest BCUT2D eigenvalue weighted by Crippen LogP contribution is -2.55.